The summed E-state index contributed by atoms with van der Waals surface area (Å²) in [6.07, 6.45) is 0. The lowest BCUT2D eigenvalue weighted by molar-refractivity contribution is 0.0948. The zero-order valence-electron chi connectivity index (χ0n) is 6.47. The van der Waals surface area contributed by atoms with E-state index in [0.717, 1.165) is 5.56 Å². The maximum absolute atomic E-state index is 11.0. The van der Waals surface area contributed by atoms with Crippen molar-refractivity contribution >= 4 is 17.5 Å². The minimum Gasteiger partial charge on any atom is -0.289 e. The molecule has 0 radical (unpaired) electrons. The van der Waals surface area contributed by atoms with Crippen LogP contribution in [0.15, 0.2) is 12.1 Å². The van der Waals surface area contributed by atoms with Gasteiger partial charge in [0.2, 0.25) is 0 Å². The zero-order valence-corrected chi connectivity index (χ0v) is 7.22. The summed E-state index contributed by atoms with van der Waals surface area (Å²) < 4.78 is 0. The molecular formula is C7H8ClN3O. The number of nitrogens with zero attached hydrogens (tertiary/aromatic N) is 1. The van der Waals surface area contributed by atoms with Crippen LogP contribution in [-0.4, -0.2) is 10.9 Å². The van der Waals surface area contributed by atoms with Crippen molar-refractivity contribution < 1.29 is 4.79 Å². The standard InChI is InChI=1S/C7H8ClN3O/c1-4-2-3-5(8)10-6(4)7(12)11-9/h2-3H,9H2,1H3,(H,11,12). The summed E-state index contributed by atoms with van der Waals surface area (Å²) in [5.74, 6) is 4.51. The number of pyridine rings is 1. The van der Waals surface area contributed by atoms with Crippen LogP contribution in [-0.2, 0) is 0 Å². The van der Waals surface area contributed by atoms with E-state index in [0.29, 0.717) is 0 Å². The fraction of sp³-hybridized carbons (Fsp3) is 0.143. The Kier molecular flexibility index (Phi) is 2.62. The number of nitrogen functional groups attached to an aromatic ring is 1. The van der Waals surface area contributed by atoms with Crippen LogP contribution in [0.3, 0.4) is 0 Å². The summed E-state index contributed by atoms with van der Waals surface area (Å²) in [6, 6.07) is 3.32. The van der Waals surface area contributed by atoms with Gasteiger partial charge in [0.25, 0.3) is 5.91 Å². The van der Waals surface area contributed by atoms with Crippen molar-refractivity contribution in [1.29, 1.82) is 0 Å². The molecule has 1 aromatic heterocycles. The molecule has 0 aliphatic heterocycles. The molecule has 64 valence electrons. The molecule has 0 fully saturated rings. The summed E-state index contributed by atoms with van der Waals surface area (Å²) in [5.41, 5.74) is 2.98. The highest BCUT2D eigenvalue weighted by molar-refractivity contribution is 6.29. The third-order valence-electron chi connectivity index (χ3n) is 1.41. The van der Waals surface area contributed by atoms with Crippen molar-refractivity contribution in [2.75, 3.05) is 0 Å². The van der Waals surface area contributed by atoms with Gasteiger partial charge < -0.3 is 0 Å². The van der Waals surface area contributed by atoms with Crippen LogP contribution in [0.5, 0.6) is 0 Å². The molecule has 0 aliphatic carbocycles. The second-order valence-corrected chi connectivity index (χ2v) is 2.66. The average Bonchev–Trinajstić information content (AvgIpc) is 2.08. The van der Waals surface area contributed by atoms with E-state index in [9.17, 15) is 4.79 Å². The number of hydrogen-bond acceptors (Lipinski definition) is 3. The van der Waals surface area contributed by atoms with Gasteiger partial charge in [-0.05, 0) is 18.6 Å². The number of aromatic nitrogens is 1. The molecule has 1 heterocycles. The fourth-order valence-electron chi connectivity index (χ4n) is 0.803. The highest BCUT2D eigenvalue weighted by Gasteiger charge is 2.08. The molecule has 1 amide bonds. The highest BCUT2D eigenvalue weighted by Crippen LogP contribution is 2.09. The highest BCUT2D eigenvalue weighted by atomic mass is 35.5. The maximum Gasteiger partial charge on any atom is 0.284 e. The predicted molar refractivity (Wildman–Crippen MR) is 45.6 cm³/mol. The van der Waals surface area contributed by atoms with Crippen LogP contribution in [0.2, 0.25) is 5.15 Å². The van der Waals surface area contributed by atoms with E-state index in [2.05, 4.69) is 4.98 Å². The van der Waals surface area contributed by atoms with Gasteiger partial charge in [0.1, 0.15) is 10.8 Å². The minimum absolute atomic E-state index is 0.255. The van der Waals surface area contributed by atoms with Gasteiger partial charge in [-0.3, -0.25) is 10.2 Å². The van der Waals surface area contributed by atoms with Gasteiger partial charge in [0, 0.05) is 0 Å². The van der Waals surface area contributed by atoms with Crippen LogP contribution in [0.1, 0.15) is 16.1 Å². The SMILES string of the molecule is Cc1ccc(Cl)nc1C(=O)NN. The first-order valence-corrected chi connectivity index (χ1v) is 3.67. The van der Waals surface area contributed by atoms with E-state index >= 15 is 0 Å². The number of hydrogen-bond donors (Lipinski definition) is 2. The van der Waals surface area contributed by atoms with E-state index in [1.165, 1.54) is 0 Å². The van der Waals surface area contributed by atoms with Gasteiger partial charge >= 0.3 is 0 Å². The lowest BCUT2D eigenvalue weighted by Crippen LogP contribution is -2.31. The Morgan fingerprint density at radius 2 is 2.33 bits per heavy atom. The van der Waals surface area contributed by atoms with Crippen molar-refractivity contribution in [2.45, 2.75) is 6.92 Å². The molecule has 3 N–H and O–H groups in total. The maximum atomic E-state index is 11.0. The molecule has 1 rings (SSSR count). The number of amides is 1. The predicted octanol–water partition coefficient (Wildman–Crippen LogP) is 0.647. The van der Waals surface area contributed by atoms with E-state index in [4.69, 9.17) is 17.4 Å². The van der Waals surface area contributed by atoms with Gasteiger partial charge in [-0.15, -0.1) is 0 Å². The monoisotopic (exact) mass is 185 g/mol. The topological polar surface area (TPSA) is 68.0 Å². The van der Waals surface area contributed by atoms with Crippen LogP contribution in [0, 0.1) is 6.92 Å². The normalized spacial score (nSPS) is 9.58. The van der Waals surface area contributed by atoms with Crippen molar-refractivity contribution in [3.8, 4) is 0 Å². The van der Waals surface area contributed by atoms with E-state index in [-0.39, 0.29) is 10.8 Å². The second-order valence-electron chi connectivity index (χ2n) is 2.27. The molecule has 5 heteroatoms. The lowest BCUT2D eigenvalue weighted by atomic mass is 10.2. The minimum atomic E-state index is -0.435. The number of carbonyl (C=O) groups is 1. The first-order chi connectivity index (χ1) is 5.65. The Bertz CT molecular complexity index is 314. The van der Waals surface area contributed by atoms with Gasteiger partial charge in [-0.1, -0.05) is 17.7 Å². The van der Waals surface area contributed by atoms with Crippen molar-refractivity contribution in [2.24, 2.45) is 5.84 Å². The van der Waals surface area contributed by atoms with Gasteiger partial charge in [-0.25, -0.2) is 10.8 Å². The Balaban J connectivity index is 3.13. The quantitative estimate of drug-likeness (QED) is 0.292. The molecule has 0 unspecified atom stereocenters. The molecule has 0 bridgehead atoms. The van der Waals surface area contributed by atoms with Crippen LogP contribution < -0.4 is 11.3 Å². The van der Waals surface area contributed by atoms with Crippen molar-refractivity contribution in [3.63, 3.8) is 0 Å². The number of nitrogens with one attached hydrogen (secondary N) is 1. The number of aryl methyl sites for hydroxylation is 1. The molecule has 0 spiro atoms. The third kappa shape index (κ3) is 1.72. The van der Waals surface area contributed by atoms with Crippen LogP contribution in [0.4, 0.5) is 0 Å². The van der Waals surface area contributed by atoms with Crippen molar-refractivity contribution in [1.82, 2.24) is 10.4 Å². The summed E-state index contributed by atoms with van der Waals surface area (Å²) in [7, 11) is 0. The zero-order chi connectivity index (χ0) is 9.14. The molecular weight excluding hydrogens is 178 g/mol. The molecule has 0 aliphatic rings. The molecule has 1 aromatic rings. The number of nitrogens with two attached hydrogens (primary N) is 1. The van der Waals surface area contributed by atoms with E-state index in [1.807, 2.05) is 5.43 Å². The third-order valence-corrected chi connectivity index (χ3v) is 1.62. The first-order valence-electron chi connectivity index (χ1n) is 3.29. The van der Waals surface area contributed by atoms with Gasteiger partial charge in [0.05, 0.1) is 0 Å². The molecule has 4 nitrogen and oxygen atoms in total. The smallest absolute Gasteiger partial charge is 0.284 e. The van der Waals surface area contributed by atoms with E-state index in [1.54, 1.807) is 19.1 Å². The number of hydrazine groups is 1. The summed E-state index contributed by atoms with van der Waals surface area (Å²) in [6.45, 7) is 1.76. The summed E-state index contributed by atoms with van der Waals surface area (Å²) in [5, 5.41) is 0.277. The molecule has 0 atom stereocenters. The van der Waals surface area contributed by atoms with Crippen molar-refractivity contribution in [3.05, 3.63) is 28.5 Å². The Morgan fingerprint density at radius 3 is 2.92 bits per heavy atom. The van der Waals surface area contributed by atoms with E-state index < -0.39 is 5.91 Å². The van der Waals surface area contributed by atoms with Gasteiger partial charge in [-0.2, -0.15) is 0 Å². The van der Waals surface area contributed by atoms with Crippen LogP contribution >= 0.6 is 11.6 Å². The van der Waals surface area contributed by atoms with Crippen LogP contribution in [0.25, 0.3) is 0 Å². The molecule has 0 saturated carbocycles. The van der Waals surface area contributed by atoms with Gasteiger partial charge in [0.15, 0.2) is 0 Å². The Morgan fingerprint density at radius 1 is 1.67 bits per heavy atom. The summed E-state index contributed by atoms with van der Waals surface area (Å²) >= 11 is 5.59. The Hall–Kier alpha value is -1.13. The number of halogens is 1. The fourth-order valence-corrected chi connectivity index (χ4v) is 0.951. The lowest BCUT2D eigenvalue weighted by Gasteiger charge is -2.02. The number of carbonyl (C=O) groups excluding carboxylic acids is 1. The average molecular weight is 186 g/mol. The Labute approximate surface area is 74.7 Å². The molecule has 12 heavy (non-hydrogen) atoms. The second kappa shape index (κ2) is 3.51. The largest absolute Gasteiger partial charge is 0.289 e. The molecule has 0 aromatic carbocycles. The first kappa shape index (κ1) is 8.96. The number of rotatable bonds is 1. The molecule has 0 saturated heterocycles. The summed E-state index contributed by atoms with van der Waals surface area (Å²) in [4.78, 5) is 14.8.